The van der Waals surface area contributed by atoms with Crippen LogP contribution in [-0.2, 0) is 11.3 Å². The van der Waals surface area contributed by atoms with Gasteiger partial charge in [-0.05, 0) is 12.1 Å². The maximum absolute atomic E-state index is 11.6. The predicted molar refractivity (Wildman–Crippen MR) is 66.4 cm³/mol. The summed E-state index contributed by atoms with van der Waals surface area (Å²) in [6.07, 6.45) is 3.98. The van der Waals surface area contributed by atoms with Gasteiger partial charge in [-0.15, -0.1) is 0 Å². The molecule has 0 fully saturated rings. The fourth-order valence-corrected chi connectivity index (χ4v) is 1.37. The molecule has 6 nitrogen and oxygen atoms in total. The van der Waals surface area contributed by atoms with Crippen LogP contribution in [0.3, 0.4) is 0 Å². The number of carbonyl (C=O) groups is 1. The highest BCUT2D eigenvalue weighted by Gasteiger charge is 2.06. The first-order valence-corrected chi connectivity index (χ1v) is 5.45. The summed E-state index contributed by atoms with van der Waals surface area (Å²) in [7, 11) is 3.81. The highest BCUT2D eigenvalue weighted by atomic mass is 16.5. The maximum Gasteiger partial charge on any atom is 0.419 e. The molecule has 0 saturated carbocycles. The van der Waals surface area contributed by atoms with Gasteiger partial charge < -0.3 is 9.64 Å². The molecule has 2 heterocycles. The Labute approximate surface area is 105 Å². The van der Waals surface area contributed by atoms with Crippen LogP contribution in [0.1, 0.15) is 5.69 Å². The zero-order valence-corrected chi connectivity index (χ0v) is 10.3. The average Bonchev–Trinajstić information content (AvgIpc) is 2.90. The Morgan fingerprint density at radius 1 is 1.44 bits per heavy atom. The summed E-state index contributed by atoms with van der Waals surface area (Å²) in [5.74, 6) is 0.825. The minimum absolute atomic E-state index is 0.138. The largest absolute Gasteiger partial charge is 0.442 e. The summed E-state index contributed by atoms with van der Waals surface area (Å²) < 4.78 is 6.38. The number of hydrogen-bond donors (Lipinski definition) is 0. The minimum Gasteiger partial charge on any atom is -0.442 e. The molecule has 0 aromatic carbocycles. The van der Waals surface area contributed by atoms with Gasteiger partial charge >= 0.3 is 6.09 Å². The second kappa shape index (κ2) is 5.31. The van der Waals surface area contributed by atoms with Crippen LogP contribution in [-0.4, -0.2) is 34.7 Å². The Balaban J connectivity index is 1.98. The first kappa shape index (κ1) is 12.1. The molecule has 0 amide bonds. The first-order valence-electron chi connectivity index (χ1n) is 5.45. The molecule has 0 aliphatic heterocycles. The number of pyridine rings is 1. The fraction of sp³-hybridized carbons (Fsp3) is 0.250. The predicted octanol–water partition coefficient (Wildman–Crippen LogP) is 1.53. The van der Waals surface area contributed by atoms with Crippen molar-refractivity contribution >= 4 is 11.9 Å². The zero-order chi connectivity index (χ0) is 13.0. The Bertz CT molecular complexity index is 523. The number of anilines is 1. The summed E-state index contributed by atoms with van der Waals surface area (Å²) in [5.41, 5.74) is 0.703. The van der Waals surface area contributed by atoms with E-state index in [1.165, 1.54) is 23.3 Å². The lowest BCUT2D eigenvalue weighted by Gasteiger charge is -2.12. The minimum atomic E-state index is -0.468. The van der Waals surface area contributed by atoms with E-state index in [2.05, 4.69) is 9.97 Å². The van der Waals surface area contributed by atoms with Crippen molar-refractivity contribution in [1.29, 1.82) is 0 Å². The van der Waals surface area contributed by atoms with Crippen molar-refractivity contribution in [2.75, 3.05) is 19.0 Å². The van der Waals surface area contributed by atoms with Crippen molar-refractivity contribution in [1.82, 2.24) is 14.5 Å². The number of ether oxygens (including phenoxy) is 1. The number of rotatable bonds is 3. The van der Waals surface area contributed by atoms with E-state index in [9.17, 15) is 4.79 Å². The summed E-state index contributed by atoms with van der Waals surface area (Å²) in [4.78, 5) is 21.6. The van der Waals surface area contributed by atoms with E-state index in [-0.39, 0.29) is 6.61 Å². The summed E-state index contributed by atoms with van der Waals surface area (Å²) in [6, 6.07) is 5.58. The van der Waals surface area contributed by atoms with Crippen molar-refractivity contribution in [3.63, 3.8) is 0 Å². The highest BCUT2D eigenvalue weighted by molar-refractivity contribution is 5.69. The molecular weight excluding hydrogens is 232 g/mol. The third kappa shape index (κ3) is 2.85. The second-order valence-electron chi connectivity index (χ2n) is 3.91. The quantitative estimate of drug-likeness (QED) is 0.822. The fourth-order valence-electron chi connectivity index (χ4n) is 1.37. The summed E-state index contributed by atoms with van der Waals surface area (Å²) in [5, 5.41) is 0. The number of hydrogen-bond acceptors (Lipinski definition) is 5. The van der Waals surface area contributed by atoms with Gasteiger partial charge in [-0.2, -0.15) is 0 Å². The lowest BCUT2D eigenvalue weighted by atomic mass is 10.3. The lowest BCUT2D eigenvalue weighted by Crippen LogP contribution is -2.14. The molecule has 2 aromatic rings. The summed E-state index contributed by atoms with van der Waals surface area (Å²) >= 11 is 0. The molecular formula is C12H14N4O2. The highest BCUT2D eigenvalue weighted by Crippen LogP contribution is 2.08. The molecule has 0 atom stereocenters. The van der Waals surface area contributed by atoms with Crippen molar-refractivity contribution in [2.45, 2.75) is 6.61 Å². The Hall–Kier alpha value is -2.37. The molecule has 0 radical (unpaired) electrons. The zero-order valence-electron chi connectivity index (χ0n) is 10.3. The normalized spacial score (nSPS) is 10.1. The van der Waals surface area contributed by atoms with Crippen LogP contribution in [0.4, 0.5) is 10.6 Å². The molecule has 0 aliphatic carbocycles. The van der Waals surface area contributed by atoms with Gasteiger partial charge in [0, 0.05) is 26.5 Å². The molecule has 0 bridgehead atoms. The molecule has 2 aromatic heterocycles. The van der Waals surface area contributed by atoms with E-state index in [0.717, 1.165) is 5.82 Å². The van der Waals surface area contributed by atoms with Gasteiger partial charge in [0.2, 0.25) is 0 Å². The molecule has 94 valence electrons. The molecule has 2 rings (SSSR count). The number of imidazole rings is 1. The molecule has 0 unspecified atom stereocenters. The van der Waals surface area contributed by atoms with Crippen LogP contribution in [0, 0.1) is 0 Å². The molecule has 18 heavy (non-hydrogen) atoms. The van der Waals surface area contributed by atoms with E-state index in [1.807, 2.05) is 37.2 Å². The standard InChI is InChI=1S/C12H14N4O2/c1-15(2)11-5-3-4-10(14-11)8-18-12(17)16-7-6-13-9-16/h3-7,9H,8H2,1-2H3. The van der Waals surface area contributed by atoms with E-state index < -0.39 is 6.09 Å². The third-order valence-electron chi connectivity index (χ3n) is 2.31. The SMILES string of the molecule is CN(C)c1cccc(COC(=O)n2ccnc2)n1. The van der Waals surface area contributed by atoms with Gasteiger partial charge in [0.05, 0.1) is 5.69 Å². The second-order valence-corrected chi connectivity index (χ2v) is 3.91. The number of aromatic nitrogens is 3. The lowest BCUT2D eigenvalue weighted by molar-refractivity contribution is 0.140. The van der Waals surface area contributed by atoms with Gasteiger partial charge in [0.1, 0.15) is 18.8 Å². The third-order valence-corrected chi connectivity index (χ3v) is 2.31. The smallest absolute Gasteiger partial charge is 0.419 e. The number of nitrogens with zero attached hydrogens (tertiary/aromatic N) is 4. The Morgan fingerprint density at radius 2 is 2.28 bits per heavy atom. The monoisotopic (exact) mass is 246 g/mol. The van der Waals surface area contributed by atoms with Crippen LogP contribution in [0.15, 0.2) is 36.9 Å². The number of carbonyl (C=O) groups excluding carboxylic acids is 1. The van der Waals surface area contributed by atoms with Gasteiger partial charge in [0.15, 0.2) is 0 Å². The Kier molecular flexibility index (Phi) is 3.57. The average molecular weight is 246 g/mol. The van der Waals surface area contributed by atoms with Gasteiger partial charge in [-0.25, -0.2) is 19.3 Å². The molecule has 0 N–H and O–H groups in total. The molecule has 6 heteroatoms. The van der Waals surface area contributed by atoms with Crippen molar-refractivity contribution in [3.05, 3.63) is 42.6 Å². The maximum atomic E-state index is 11.6. The van der Waals surface area contributed by atoms with Crippen LogP contribution in [0.5, 0.6) is 0 Å². The van der Waals surface area contributed by atoms with E-state index in [0.29, 0.717) is 5.69 Å². The molecule has 0 aliphatic rings. The molecule has 0 saturated heterocycles. The topological polar surface area (TPSA) is 60.2 Å². The van der Waals surface area contributed by atoms with Crippen LogP contribution in [0.25, 0.3) is 0 Å². The van der Waals surface area contributed by atoms with E-state index in [1.54, 1.807) is 0 Å². The van der Waals surface area contributed by atoms with E-state index >= 15 is 0 Å². The van der Waals surface area contributed by atoms with Crippen molar-refractivity contribution in [3.8, 4) is 0 Å². The van der Waals surface area contributed by atoms with Crippen molar-refractivity contribution in [2.24, 2.45) is 0 Å². The van der Waals surface area contributed by atoms with Gasteiger partial charge in [-0.1, -0.05) is 6.07 Å². The van der Waals surface area contributed by atoms with E-state index in [4.69, 9.17) is 4.74 Å². The first-order chi connectivity index (χ1) is 8.66. The van der Waals surface area contributed by atoms with Gasteiger partial charge in [0.25, 0.3) is 0 Å². The Morgan fingerprint density at radius 3 is 2.94 bits per heavy atom. The van der Waals surface area contributed by atoms with Crippen LogP contribution < -0.4 is 4.90 Å². The van der Waals surface area contributed by atoms with Crippen LogP contribution in [0.2, 0.25) is 0 Å². The molecule has 0 spiro atoms. The van der Waals surface area contributed by atoms with Crippen LogP contribution >= 0.6 is 0 Å². The van der Waals surface area contributed by atoms with Crippen molar-refractivity contribution < 1.29 is 9.53 Å². The summed E-state index contributed by atoms with van der Waals surface area (Å²) in [6.45, 7) is 0.138. The van der Waals surface area contributed by atoms with Gasteiger partial charge in [-0.3, -0.25) is 0 Å².